The number of nitrogens with zero attached hydrogens (tertiary/aromatic N) is 1. The molecular weight excluding hydrogens is 294 g/mol. The summed E-state index contributed by atoms with van der Waals surface area (Å²) in [7, 11) is 0. The van der Waals surface area contributed by atoms with Gasteiger partial charge in [-0.15, -0.1) is 0 Å². The Kier molecular flexibility index (Phi) is 4.75. The third-order valence-electron chi connectivity index (χ3n) is 3.02. The van der Waals surface area contributed by atoms with E-state index in [0.717, 1.165) is 12.1 Å². The summed E-state index contributed by atoms with van der Waals surface area (Å²) in [5, 5.41) is 6.41. The SMILES string of the molecule is Cc1noc(C)c1C(=O)NC(C)COc1ccc(F)cc1F. The number of hydrogen-bond acceptors (Lipinski definition) is 4. The number of carbonyl (C=O) groups excluding carboxylic acids is 1. The van der Waals surface area contributed by atoms with Crippen molar-refractivity contribution in [3.8, 4) is 5.75 Å². The van der Waals surface area contributed by atoms with Gasteiger partial charge >= 0.3 is 0 Å². The molecule has 0 fully saturated rings. The highest BCUT2D eigenvalue weighted by molar-refractivity contribution is 5.96. The molecule has 1 atom stereocenters. The molecule has 2 aromatic rings. The summed E-state index contributed by atoms with van der Waals surface area (Å²) < 4.78 is 36.4. The second-order valence-corrected chi connectivity index (χ2v) is 4.96. The van der Waals surface area contributed by atoms with Gasteiger partial charge in [-0.05, 0) is 32.9 Å². The fourth-order valence-corrected chi connectivity index (χ4v) is 1.95. The van der Waals surface area contributed by atoms with Crippen LogP contribution < -0.4 is 10.1 Å². The predicted octanol–water partition coefficient (Wildman–Crippen LogP) is 2.77. The normalized spacial score (nSPS) is 12.0. The molecule has 0 aliphatic carbocycles. The van der Waals surface area contributed by atoms with Crippen LogP contribution in [-0.2, 0) is 0 Å². The first-order chi connectivity index (χ1) is 10.4. The van der Waals surface area contributed by atoms with E-state index < -0.39 is 11.6 Å². The maximum absolute atomic E-state index is 13.4. The summed E-state index contributed by atoms with van der Waals surface area (Å²) in [4.78, 5) is 12.1. The number of aromatic nitrogens is 1. The minimum Gasteiger partial charge on any atom is -0.488 e. The summed E-state index contributed by atoms with van der Waals surface area (Å²) in [6.07, 6.45) is 0. The number of ether oxygens (including phenoxy) is 1. The Morgan fingerprint density at radius 3 is 2.73 bits per heavy atom. The van der Waals surface area contributed by atoms with E-state index in [-0.39, 0.29) is 24.3 Å². The average Bonchev–Trinajstić information content (AvgIpc) is 2.77. The van der Waals surface area contributed by atoms with Gasteiger partial charge in [0.05, 0.1) is 11.7 Å². The first-order valence-electron chi connectivity index (χ1n) is 6.70. The highest BCUT2D eigenvalue weighted by Crippen LogP contribution is 2.18. The maximum atomic E-state index is 13.4. The van der Waals surface area contributed by atoms with Gasteiger partial charge in [-0.3, -0.25) is 4.79 Å². The van der Waals surface area contributed by atoms with Gasteiger partial charge in [-0.25, -0.2) is 8.78 Å². The van der Waals surface area contributed by atoms with Gasteiger partial charge in [-0.2, -0.15) is 0 Å². The van der Waals surface area contributed by atoms with Gasteiger partial charge in [-0.1, -0.05) is 5.16 Å². The highest BCUT2D eigenvalue weighted by atomic mass is 19.1. The molecule has 118 valence electrons. The number of amides is 1. The van der Waals surface area contributed by atoms with Gasteiger partial charge in [0.15, 0.2) is 11.6 Å². The fraction of sp³-hybridized carbons (Fsp3) is 0.333. The lowest BCUT2D eigenvalue weighted by atomic mass is 10.2. The van der Waals surface area contributed by atoms with Gasteiger partial charge in [0, 0.05) is 6.07 Å². The van der Waals surface area contributed by atoms with Crippen molar-refractivity contribution in [2.75, 3.05) is 6.61 Å². The molecule has 0 spiro atoms. The lowest BCUT2D eigenvalue weighted by molar-refractivity contribution is 0.0924. The molecule has 1 amide bonds. The van der Waals surface area contributed by atoms with Crippen LogP contribution in [0.1, 0.15) is 28.7 Å². The highest BCUT2D eigenvalue weighted by Gasteiger charge is 2.19. The van der Waals surface area contributed by atoms with Crippen molar-refractivity contribution in [3.63, 3.8) is 0 Å². The largest absolute Gasteiger partial charge is 0.488 e. The number of nitrogens with one attached hydrogen (secondary N) is 1. The molecule has 22 heavy (non-hydrogen) atoms. The third-order valence-corrected chi connectivity index (χ3v) is 3.02. The molecule has 0 aliphatic rings. The molecule has 7 heteroatoms. The number of carbonyl (C=O) groups is 1. The molecule has 5 nitrogen and oxygen atoms in total. The first-order valence-corrected chi connectivity index (χ1v) is 6.70. The van der Waals surface area contributed by atoms with E-state index in [1.165, 1.54) is 6.07 Å². The van der Waals surface area contributed by atoms with Gasteiger partial charge in [0.2, 0.25) is 0 Å². The molecule has 1 aromatic carbocycles. The fourth-order valence-electron chi connectivity index (χ4n) is 1.95. The van der Waals surface area contributed by atoms with Gasteiger partial charge in [0.1, 0.15) is 23.7 Å². The van der Waals surface area contributed by atoms with Crippen LogP contribution >= 0.6 is 0 Å². The van der Waals surface area contributed by atoms with Crippen LogP contribution in [0.2, 0.25) is 0 Å². The molecule has 1 aromatic heterocycles. The zero-order chi connectivity index (χ0) is 16.3. The standard InChI is InChI=1S/C15H16F2N2O3/c1-8(7-21-13-5-4-11(16)6-12(13)17)18-15(20)14-9(2)19-22-10(14)3/h4-6,8H,7H2,1-3H3,(H,18,20). The van der Waals surface area contributed by atoms with E-state index in [2.05, 4.69) is 10.5 Å². The minimum absolute atomic E-state index is 0.0394. The zero-order valence-electron chi connectivity index (χ0n) is 12.4. The van der Waals surface area contributed by atoms with Crippen molar-refractivity contribution in [2.24, 2.45) is 0 Å². The average molecular weight is 310 g/mol. The quantitative estimate of drug-likeness (QED) is 0.922. The second-order valence-electron chi connectivity index (χ2n) is 4.96. The number of hydrogen-bond donors (Lipinski definition) is 1. The van der Waals surface area contributed by atoms with E-state index in [1.807, 2.05) is 0 Å². The third kappa shape index (κ3) is 3.60. The van der Waals surface area contributed by atoms with E-state index in [0.29, 0.717) is 17.0 Å². The van der Waals surface area contributed by atoms with E-state index in [1.54, 1.807) is 20.8 Å². The number of benzene rings is 1. The summed E-state index contributed by atoms with van der Waals surface area (Å²) in [6.45, 7) is 5.06. The molecule has 0 radical (unpaired) electrons. The minimum atomic E-state index is -0.788. The van der Waals surface area contributed by atoms with Crippen molar-refractivity contribution in [3.05, 3.63) is 46.9 Å². The lowest BCUT2D eigenvalue weighted by Gasteiger charge is -2.15. The summed E-state index contributed by atoms with van der Waals surface area (Å²) in [5.74, 6) is -1.45. The molecule has 1 N–H and O–H groups in total. The smallest absolute Gasteiger partial charge is 0.257 e. The summed E-state index contributed by atoms with van der Waals surface area (Å²) >= 11 is 0. The van der Waals surface area contributed by atoms with E-state index in [4.69, 9.17) is 9.26 Å². The Morgan fingerprint density at radius 2 is 2.14 bits per heavy atom. The van der Waals surface area contributed by atoms with Crippen LogP contribution in [0.5, 0.6) is 5.75 Å². The van der Waals surface area contributed by atoms with E-state index in [9.17, 15) is 13.6 Å². The Morgan fingerprint density at radius 1 is 1.41 bits per heavy atom. The van der Waals surface area contributed by atoms with Crippen LogP contribution in [0.15, 0.2) is 22.7 Å². The monoisotopic (exact) mass is 310 g/mol. The molecule has 1 heterocycles. The van der Waals surface area contributed by atoms with Crippen LogP contribution in [0.4, 0.5) is 8.78 Å². The van der Waals surface area contributed by atoms with Crippen molar-refractivity contribution in [1.82, 2.24) is 10.5 Å². The Bertz CT molecular complexity index is 666. The molecule has 0 saturated carbocycles. The van der Waals surface area contributed by atoms with Crippen LogP contribution in [-0.4, -0.2) is 23.7 Å². The lowest BCUT2D eigenvalue weighted by Crippen LogP contribution is -2.37. The molecule has 2 rings (SSSR count). The molecule has 0 bridgehead atoms. The molecule has 1 unspecified atom stereocenters. The zero-order valence-corrected chi connectivity index (χ0v) is 12.4. The summed E-state index contributed by atoms with van der Waals surface area (Å²) in [5.41, 5.74) is 0.868. The molecule has 0 saturated heterocycles. The Labute approximate surface area is 126 Å². The van der Waals surface area contributed by atoms with E-state index >= 15 is 0 Å². The number of rotatable bonds is 5. The summed E-state index contributed by atoms with van der Waals surface area (Å²) in [6, 6.07) is 2.66. The first kappa shape index (κ1) is 15.9. The number of halogens is 2. The van der Waals surface area contributed by atoms with Crippen LogP contribution in [0.3, 0.4) is 0 Å². The van der Waals surface area contributed by atoms with Crippen molar-refractivity contribution in [1.29, 1.82) is 0 Å². The Balaban J connectivity index is 1.93. The van der Waals surface area contributed by atoms with Crippen LogP contribution in [0.25, 0.3) is 0 Å². The maximum Gasteiger partial charge on any atom is 0.257 e. The van der Waals surface area contributed by atoms with Gasteiger partial charge in [0.25, 0.3) is 5.91 Å². The van der Waals surface area contributed by atoms with Crippen LogP contribution in [0, 0.1) is 25.5 Å². The van der Waals surface area contributed by atoms with Crippen molar-refractivity contribution < 1.29 is 22.8 Å². The number of aryl methyl sites for hydroxylation is 2. The topological polar surface area (TPSA) is 64.4 Å². The van der Waals surface area contributed by atoms with Crippen molar-refractivity contribution >= 4 is 5.91 Å². The van der Waals surface area contributed by atoms with Gasteiger partial charge < -0.3 is 14.6 Å². The molecular formula is C15H16F2N2O3. The predicted molar refractivity (Wildman–Crippen MR) is 74.8 cm³/mol. The molecule has 0 aliphatic heterocycles. The van der Waals surface area contributed by atoms with Crippen molar-refractivity contribution in [2.45, 2.75) is 26.8 Å². The Hall–Kier alpha value is -2.44. The second kappa shape index (κ2) is 6.55.